The highest BCUT2D eigenvalue weighted by molar-refractivity contribution is 7.93. The van der Waals surface area contributed by atoms with Gasteiger partial charge in [-0.1, -0.05) is 5.16 Å². The predicted octanol–water partition coefficient (Wildman–Crippen LogP) is 2.16. The van der Waals surface area contributed by atoms with E-state index in [1.165, 1.54) is 47.9 Å². The standard InChI is InChI=1S/C14H13N3O5S3/c1-9-14(8-13(23-9)12-6-7-16-22-12)25(20,21)17-10-2-4-11(5-3-10)24(15,18)19/h2-8,17H,1H3,(H2,15,18,19). The third kappa shape index (κ3) is 3.74. The molecular formula is C14H13N3O5S3. The number of nitrogens with zero attached hydrogens (tertiary/aromatic N) is 1. The van der Waals surface area contributed by atoms with Crippen molar-refractivity contribution in [3.05, 3.63) is 47.5 Å². The number of nitrogens with one attached hydrogen (secondary N) is 1. The van der Waals surface area contributed by atoms with Crippen molar-refractivity contribution in [2.45, 2.75) is 16.7 Å². The number of nitrogens with two attached hydrogens (primary N) is 1. The Bertz CT molecular complexity index is 1100. The van der Waals surface area contributed by atoms with E-state index in [1.807, 2.05) is 0 Å². The van der Waals surface area contributed by atoms with Crippen LogP contribution in [0.5, 0.6) is 0 Å². The Balaban J connectivity index is 1.90. The smallest absolute Gasteiger partial charge is 0.263 e. The van der Waals surface area contributed by atoms with Gasteiger partial charge < -0.3 is 4.52 Å². The number of aromatic nitrogens is 1. The van der Waals surface area contributed by atoms with Gasteiger partial charge in [0.15, 0.2) is 5.76 Å². The summed E-state index contributed by atoms with van der Waals surface area (Å²) in [5.74, 6) is 0.479. The normalized spacial score (nSPS) is 12.2. The van der Waals surface area contributed by atoms with E-state index in [-0.39, 0.29) is 15.5 Å². The van der Waals surface area contributed by atoms with Gasteiger partial charge >= 0.3 is 0 Å². The molecule has 3 N–H and O–H groups in total. The van der Waals surface area contributed by atoms with E-state index in [0.717, 1.165) is 0 Å². The number of rotatable bonds is 5. The summed E-state index contributed by atoms with van der Waals surface area (Å²) in [6.07, 6.45) is 1.48. The van der Waals surface area contributed by atoms with Gasteiger partial charge in [-0.05, 0) is 37.3 Å². The average molecular weight is 399 g/mol. The Morgan fingerprint density at radius 2 is 1.80 bits per heavy atom. The van der Waals surface area contributed by atoms with Gasteiger partial charge in [-0.2, -0.15) is 0 Å². The monoisotopic (exact) mass is 399 g/mol. The summed E-state index contributed by atoms with van der Waals surface area (Å²) in [4.78, 5) is 1.23. The molecule has 3 aromatic rings. The molecule has 0 unspecified atom stereocenters. The first-order valence-corrected chi connectivity index (χ1v) is 10.7. The van der Waals surface area contributed by atoms with Crippen LogP contribution < -0.4 is 9.86 Å². The lowest BCUT2D eigenvalue weighted by atomic mass is 10.3. The highest BCUT2D eigenvalue weighted by Crippen LogP contribution is 2.34. The third-order valence-electron chi connectivity index (χ3n) is 3.28. The second-order valence-electron chi connectivity index (χ2n) is 5.08. The van der Waals surface area contributed by atoms with Crippen LogP contribution in [0.25, 0.3) is 10.6 Å². The maximum atomic E-state index is 12.6. The van der Waals surface area contributed by atoms with Gasteiger partial charge in [-0.15, -0.1) is 11.3 Å². The van der Waals surface area contributed by atoms with Gasteiger partial charge in [0.2, 0.25) is 10.0 Å². The quantitative estimate of drug-likeness (QED) is 0.675. The van der Waals surface area contributed by atoms with Crippen LogP contribution >= 0.6 is 11.3 Å². The lowest BCUT2D eigenvalue weighted by molar-refractivity contribution is 0.433. The lowest BCUT2D eigenvalue weighted by Gasteiger charge is -2.08. The Hall–Kier alpha value is -2.21. The Morgan fingerprint density at radius 3 is 2.36 bits per heavy atom. The van der Waals surface area contributed by atoms with Gasteiger partial charge in [0.1, 0.15) is 4.90 Å². The van der Waals surface area contributed by atoms with Crippen LogP contribution in [0.15, 0.2) is 56.9 Å². The van der Waals surface area contributed by atoms with Crippen LogP contribution in [0.2, 0.25) is 0 Å². The minimum atomic E-state index is -3.84. The summed E-state index contributed by atoms with van der Waals surface area (Å²) in [7, 11) is -7.68. The number of benzene rings is 1. The maximum absolute atomic E-state index is 12.6. The minimum absolute atomic E-state index is 0.102. The summed E-state index contributed by atoms with van der Waals surface area (Å²) in [5, 5.41) is 8.62. The van der Waals surface area contributed by atoms with Crippen molar-refractivity contribution in [3.63, 3.8) is 0 Å². The number of thiophene rings is 1. The van der Waals surface area contributed by atoms with E-state index in [1.54, 1.807) is 13.0 Å². The minimum Gasteiger partial charge on any atom is -0.355 e. The van der Waals surface area contributed by atoms with Crippen molar-refractivity contribution < 1.29 is 21.4 Å². The van der Waals surface area contributed by atoms with Gasteiger partial charge in [0.05, 0.1) is 16.0 Å². The van der Waals surface area contributed by atoms with Gasteiger partial charge in [0.25, 0.3) is 10.0 Å². The number of sulfonamides is 2. The lowest BCUT2D eigenvalue weighted by Crippen LogP contribution is -2.14. The molecule has 25 heavy (non-hydrogen) atoms. The van der Waals surface area contributed by atoms with Crippen LogP contribution in [0.1, 0.15) is 4.88 Å². The maximum Gasteiger partial charge on any atom is 0.263 e. The Morgan fingerprint density at radius 1 is 1.12 bits per heavy atom. The van der Waals surface area contributed by atoms with Crippen LogP contribution in [-0.4, -0.2) is 22.0 Å². The molecule has 0 aliphatic rings. The average Bonchev–Trinajstić information content (AvgIpc) is 3.15. The fourth-order valence-corrected chi connectivity index (χ4v) is 5.24. The molecule has 0 saturated carbocycles. The van der Waals surface area contributed by atoms with Crippen LogP contribution in [-0.2, 0) is 20.0 Å². The van der Waals surface area contributed by atoms with E-state index in [4.69, 9.17) is 9.66 Å². The van der Waals surface area contributed by atoms with Crippen molar-refractivity contribution in [2.75, 3.05) is 4.72 Å². The summed E-state index contributed by atoms with van der Waals surface area (Å²) < 4.78 is 55.1. The van der Waals surface area contributed by atoms with Crippen molar-refractivity contribution in [2.24, 2.45) is 5.14 Å². The Kier molecular flexibility index (Phi) is 4.41. The number of hydrogen-bond acceptors (Lipinski definition) is 7. The van der Waals surface area contributed by atoms with Crippen molar-refractivity contribution >= 4 is 37.1 Å². The number of hydrogen-bond donors (Lipinski definition) is 2. The fraction of sp³-hybridized carbons (Fsp3) is 0.0714. The van der Waals surface area contributed by atoms with Gasteiger partial charge in [-0.25, -0.2) is 22.0 Å². The summed E-state index contributed by atoms with van der Waals surface area (Å²) in [5.41, 5.74) is 0.221. The molecule has 2 aromatic heterocycles. The van der Waals surface area contributed by atoms with E-state index < -0.39 is 20.0 Å². The Labute approximate surface area is 148 Å². The van der Waals surface area contributed by atoms with E-state index in [0.29, 0.717) is 15.5 Å². The number of aryl methyl sites for hydroxylation is 1. The second kappa shape index (κ2) is 6.26. The first kappa shape index (κ1) is 17.6. The zero-order chi connectivity index (χ0) is 18.2. The summed E-state index contributed by atoms with van der Waals surface area (Å²) in [6.45, 7) is 1.68. The first-order chi connectivity index (χ1) is 11.7. The molecule has 2 heterocycles. The molecule has 3 rings (SSSR count). The molecule has 0 aliphatic heterocycles. The topological polar surface area (TPSA) is 132 Å². The van der Waals surface area contributed by atoms with Crippen LogP contribution in [0, 0.1) is 6.92 Å². The molecule has 1 aromatic carbocycles. The van der Waals surface area contributed by atoms with Crippen LogP contribution in [0.3, 0.4) is 0 Å². The van der Waals surface area contributed by atoms with E-state index >= 15 is 0 Å². The zero-order valence-corrected chi connectivity index (χ0v) is 15.3. The molecule has 132 valence electrons. The molecule has 0 spiro atoms. The molecule has 0 saturated heterocycles. The summed E-state index contributed by atoms with van der Waals surface area (Å²) in [6, 6.07) is 8.26. The molecule has 0 radical (unpaired) electrons. The second-order valence-corrected chi connectivity index (χ2v) is 9.55. The van der Waals surface area contributed by atoms with E-state index in [9.17, 15) is 16.8 Å². The SMILES string of the molecule is Cc1sc(-c2ccno2)cc1S(=O)(=O)Nc1ccc(S(N)(=O)=O)cc1. The highest BCUT2D eigenvalue weighted by Gasteiger charge is 2.22. The third-order valence-corrected chi connectivity index (χ3v) is 6.91. The first-order valence-electron chi connectivity index (χ1n) is 6.84. The zero-order valence-electron chi connectivity index (χ0n) is 12.8. The van der Waals surface area contributed by atoms with Gasteiger partial charge in [-0.3, -0.25) is 4.72 Å². The van der Waals surface area contributed by atoms with Crippen molar-refractivity contribution in [1.29, 1.82) is 0 Å². The van der Waals surface area contributed by atoms with Crippen molar-refractivity contribution in [1.82, 2.24) is 5.16 Å². The van der Waals surface area contributed by atoms with Gasteiger partial charge in [0, 0.05) is 16.6 Å². The molecule has 11 heteroatoms. The molecule has 0 aliphatic carbocycles. The van der Waals surface area contributed by atoms with Crippen molar-refractivity contribution in [3.8, 4) is 10.6 Å². The predicted molar refractivity (Wildman–Crippen MR) is 93.2 cm³/mol. The van der Waals surface area contributed by atoms with E-state index in [2.05, 4.69) is 9.88 Å². The largest absolute Gasteiger partial charge is 0.355 e. The molecule has 0 fully saturated rings. The fourth-order valence-electron chi connectivity index (χ4n) is 2.12. The summed E-state index contributed by atoms with van der Waals surface area (Å²) >= 11 is 1.27. The molecule has 8 nitrogen and oxygen atoms in total. The van der Waals surface area contributed by atoms with Crippen LogP contribution in [0.4, 0.5) is 5.69 Å². The molecular weight excluding hydrogens is 386 g/mol. The number of anilines is 1. The molecule has 0 atom stereocenters. The highest BCUT2D eigenvalue weighted by atomic mass is 32.2. The number of primary sulfonamides is 1. The molecule has 0 amide bonds. The molecule has 0 bridgehead atoms.